The summed E-state index contributed by atoms with van der Waals surface area (Å²) in [6.07, 6.45) is 3.64. The van der Waals surface area contributed by atoms with Gasteiger partial charge in [0.1, 0.15) is 11.6 Å². The number of carbonyl (C=O) groups excluding carboxylic acids is 2. The number of likely N-dealkylation sites (tertiary alicyclic amines) is 1. The lowest BCUT2D eigenvalue weighted by molar-refractivity contribution is -0.131. The summed E-state index contributed by atoms with van der Waals surface area (Å²) in [4.78, 5) is 38.2. The molecular formula is C23H27FN4O3. The summed E-state index contributed by atoms with van der Waals surface area (Å²) in [5.41, 5.74) is 1.98. The van der Waals surface area contributed by atoms with Crippen LogP contribution in [0.3, 0.4) is 0 Å². The van der Waals surface area contributed by atoms with Crippen LogP contribution in [0.4, 0.5) is 4.39 Å². The van der Waals surface area contributed by atoms with Crippen molar-refractivity contribution in [2.75, 3.05) is 39.4 Å². The van der Waals surface area contributed by atoms with Gasteiger partial charge in [-0.25, -0.2) is 14.4 Å². The molecule has 7 nitrogen and oxygen atoms in total. The molecule has 31 heavy (non-hydrogen) atoms. The molecule has 0 bridgehead atoms. The van der Waals surface area contributed by atoms with Gasteiger partial charge < -0.3 is 14.5 Å². The molecule has 0 aliphatic carbocycles. The highest BCUT2D eigenvalue weighted by Gasteiger charge is 2.28. The van der Waals surface area contributed by atoms with Crippen molar-refractivity contribution >= 4 is 11.8 Å². The van der Waals surface area contributed by atoms with Crippen molar-refractivity contribution in [3.8, 4) is 0 Å². The zero-order valence-electron chi connectivity index (χ0n) is 17.7. The van der Waals surface area contributed by atoms with E-state index in [-0.39, 0.29) is 30.0 Å². The third kappa shape index (κ3) is 5.07. The standard InChI is InChI=1S/C23H27FN4O3/c1-16-20(23(30)27-9-11-31-12-10-27)14-25-22(26-16)18-3-2-8-28(15-18)21(29)13-17-4-6-19(24)7-5-17/h4-7,14,18H,2-3,8-13,15H2,1H3. The van der Waals surface area contributed by atoms with E-state index in [0.717, 1.165) is 18.4 Å². The lowest BCUT2D eigenvalue weighted by Gasteiger charge is -2.32. The second kappa shape index (κ2) is 9.51. The van der Waals surface area contributed by atoms with Crippen molar-refractivity contribution in [1.29, 1.82) is 0 Å². The molecule has 2 fully saturated rings. The molecule has 0 N–H and O–H groups in total. The van der Waals surface area contributed by atoms with Crippen molar-refractivity contribution in [3.63, 3.8) is 0 Å². The topological polar surface area (TPSA) is 75.6 Å². The van der Waals surface area contributed by atoms with Crippen LogP contribution in [0.1, 0.15) is 46.2 Å². The minimum atomic E-state index is -0.308. The molecule has 0 spiro atoms. The number of aryl methyl sites for hydroxylation is 1. The predicted octanol–water partition coefficient (Wildman–Crippen LogP) is 2.35. The van der Waals surface area contributed by atoms with Gasteiger partial charge in [-0.1, -0.05) is 12.1 Å². The van der Waals surface area contributed by atoms with Gasteiger partial charge in [-0.3, -0.25) is 9.59 Å². The fraction of sp³-hybridized carbons (Fsp3) is 0.478. The molecule has 1 unspecified atom stereocenters. The highest BCUT2D eigenvalue weighted by Crippen LogP contribution is 2.26. The SMILES string of the molecule is Cc1nc(C2CCCN(C(=O)Cc3ccc(F)cc3)C2)ncc1C(=O)N1CCOCC1. The first-order chi connectivity index (χ1) is 15.0. The minimum absolute atomic E-state index is 0.0205. The molecule has 2 aliphatic heterocycles. The normalized spacial score (nSPS) is 19.4. The Morgan fingerprint density at radius 2 is 1.87 bits per heavy atom. The number of morpholine rings is 1. The summed E-state index contributed by atoms with van der Waals surface area (Å²) in [5.74, 6) is 0.365. The van der Waals surface area contributed by atoms with E-state index in [9.17, 15) is 14.0 Å². The van der Waals surface area contributed by atoms with E-state index in [1.165, 1.54) is 12.1 Å². The van der Waals surface area contributed by atoms with Crippen LogP contribution in [-0.2, 0) is 16.0 Å². The number of nitrogens with zero attached hydrogens (tertiary/aromatic N) is 4. The fourth-order valence-corrected chi connectivity index (χ4v) is 4.13. The molecule has 8 heteroatoms. The van der Waals surface area contributed by atoms with E-state index in [0.29, 0.717) is 56.5 Å². The molecule has 4 rings (SSSR count). The van der Waals surface area contributed by atoms with Gasteiger partial charge in [0.05, 0.1) is 30.9 Å². The van der Waals surface area contributed by atoms with Crippen LogP contribution in [0.2, 0.25) is 0 Å². The number of benzene rings is 1. The minimum Gasteiger partial charge on any atom is -0.378 e. The van der Waals surface area contributed by atoms with Crippen LogP contribution in [0.15, 0.2) is 30.5 Å². The Bertz CT molecular complexity index is 944. The Kier molecular flexibility index (Phi) is 6.56. The third-order valence-corrected chi connectivity index (χ3v) is 5.93. The molecule has 2 saturated heterocycles. The highest BCUT2D eigenvalue weighted by molar-refractivity contribution is 5.95. The van der Waals surface area contributed by atoms with Crippen LogP contribution >= 0.6 is 0 Å². The maximum absolute atomic E-state index is 13.1. The molecule has 2 aromatic rings. The number of amides is 2. The first-order valence-electron chi connectivity index (χ1n) is 10.7. The molecule has 0 radical (unpaired) electrons. The highest BCUT2D eigenvalue weighted by atomic mass is 19.1. The molecular weight excluding hydrogens is 399 g/mol. The summed E-state index contributed by atoms with van der Waals surface area (Å²) in [5, 5.41) is 0. The summed E-state index contributed by atoms with van der Waals surface area (Å²) >= 11 is 0. The Hall–Kier alpha value is -2.87. The molecule has 3 heterocycles. The Morgan fingerprint density at radius 1 is 1.13 bits per heavy atom. The lowest BCUT2D eigenvalue weighted by Crippen LogP contribution is -2.41. The average molecular weight is 426 g/mol. The second-order valence-corrected chi connectivity index (χ2v) is 8.11. The number of carbonyl (C=O) groups is 2. The summed E-state index contributed by atoms with van der Waals surface area (Å²) in [6, 6.07) is 6.03. The average Bonchev–Trinajstić information content (AvgIpc) is 2.80. The number of rotatable bonds is 4. The third-order valence-electron chi connectivity index (χ3n) is 5.93. The molecule has 164 valence electrons. The van der Waals surface area contributed by atoms with Gasteiger partial charge in [-0.15, -0.1) is 0 Å². The van der Waals surface area contributed by atoms with Gasteiger partial charge in [0.25, 0.3) is 5.91 Å². The van der Waals surface area contributed by atoms with Crippen LogP contribution in [0.5, 0.6) is 0 Å². The summed E-state index contributed by atoms with van der Waals surface area (Å²) in [6.45, 7) is 5.33. The van der Waals surface area contributed by atoms with Gasteiger partial charge in [-0.05, 0) is 37.5 Å². The van der Waals surface area contributed by atoms with Gasteiger partial charge in [0, 0.05) is 38.3 Å². The van der Waals surface area contributed by atoms with E-state index >= 15 is 0 Å². The first-order valence-corrected chi connectivity index (χ1v) is 10.7. The van der Waals surface area contributed by atoms with Crippen molar-refractivity contribution in [2.24, 2.45) is 0 Å². The number of ether oxygens (including phenoxy) is 1. The van der Waals surface area contributed by atoms with E-state index in [4.69, 9.17) is 4.74 Å². The smallest absolute Gasteiger partial charge is 0.257 e. The zero-order chi connectivity index (χ0) is 21.8. The first kappa shape index (κ1) is 21.4. The van der Waals surface area contributed by atoms with Crippen molar-refractivity contribution in [1.82, 2.24) is 19.8 Å². The maximum atomic E-state index is 13.1. The largest absolute Gasteiger partial charge is 0.378 e. The predicted molar refractivity (Wildman–Crippen MR) is 112 cm³/mol. The number of aromatic nitrogens is 2. The van der Waals surface area contributed by atoms with E-state index in [2.05, 4.69) is 9.97 Å². The number of hydrogen-bond donors (Lipinski definition) is 0. The molecule has 1 aromatic carbocycles. The van der Waals surface area contributed by atoms with Crippen molar-refractivity contribution in [3.05, 3.63) is 58.9 Å². The van der Waals surface area contributed by atoms with Gasteiger partial charge in [0.2, 0.25) is 5.91 Å². The Morgan fingerprint density at radius 3 is 2.58 bits per heavy atom. The molecule has 0 saturated carbocycles. The van der Waals surface area contributed by atoms with Crippen molar-refractivity contribution < 1.29 is 18.7 Å². The lowest BCUT2D eigenvalue weighted by atomic mass is 9.96. The van der Waals surface area contributed by atoms with Crippen LogP contribution in [0, 0.1) is 12.7 Å². The zero-order valence-corrected chi connectivity index (χ0v) is 17.7. The van der Waals surface area contributed by atoms with Crippen LogP contribution in [-0.4, -0.2) is 71.0 Å². The monoisotopic (exact) mass is 426 g/mol. The maximum Gasteiger partial charge on any atom is 0.257 e. The van der Waals surface area contributed by atoms with Crippen molar-refractivity contribution in [2.45, 2.75) is 32.1 Å². The number of piperidine rings is 1. The van der Waals surface area contributed by atoms with Gasteiger partial charge in [0.15, 0.2) is 0 Å². The molecule has 2 aliphatic rings. The quantitative estimate of drug-likeness (QED) is 0.750. The van der Waals surface area contributed by atoms with Crippen LogP contribution in [0.25, 0.3) is 0 Å². The molecule has 1 atom stereocenters. The number of hydrogen-bond acceptors (Lipinski definition) is 5. The van der Waals surface area contributed by atoms with Crippen LogP contribution < -0.4 is 0 Å². The second-order valence-electron chi connectivity index (χ2n) is 8.11. The summed E-state index contributed by atoms with van der Waals surface area (Å²) in [7, 11) is 0. The molecule has 1 aromatic heterocycles. The molecule has 2 amide bonds. The number of halogens is 1. The van der Waals surface area contributed by atoms with E-state index in [1.54, 1.807) is 23.2 Å². The van der Waals surface area contributed by atoms with Gasteiger partial charge >= 0.3 is 0 Å². The Labute approximate surface area is 181 Å². The summed E-state index contributed by atoms with van der Waals surface area (Å²) < 4.78 is 18.4. The Balaban J connectivity index is 1.41. The fourth-order valence-electron chi connectivity index (χ4n) is 4.13. The van der Waals surface area contributed by atoms with E-state index in [1.807, 2.05) is 11.8 Å². The van der Waals surface area contributed by atoms with E-state index < -0.39 is 0 Å². The van der Waals surface area contributed by atoms with Gasteiger partial charge in [-0.2, -0.15) is 0 Å².